The Morgan fingerprint density at radius 3 is 2.46 bits per heavy atom. The molecule has 1 aromatic rings. The maximum absolute atomic E-state index is 13.3. The number of hydrogen-bond donors (Lipinski definition) is 0. The van der Waals surface area contributed by atoms with Crippen molar-refractivity contribution in [3.63, 3.8) is 0 Å². The summed E-state index contributed by atoms with van der Waals surface area (Å²) in [4.78, 5) is 15.7. The normalized spacial score (nSPS) is 15.6. The molecule has 1 heterocycles. The molecule has 0 aliphatic carbocycles. The molecule has 0 N–H and O–H groups in total. The summed E-state index contributed by atoms with van der Waals surface area (Å²) in [6, 6.07) is 4.68. The number of unbranched alkanes of at least 4 members (excludes halogenated alkanes) is 4. The van der Waals surface area contributed by atoms with E-state index in [-0.39, 0.29) is 69.1 Å². The first-order valence-electron chi connectivity index (χ1n) is 8.82. The standard InChI is InChI=1S/C19H23F3N2O3.K/c1-3-4-5-6-7-8-13-9-10-15(16(11-13)27-2)24-17(26)14(12-25)23-18(24)19(20,21)22;/h9-12,25H,3-8H2,1-2H3;/q;+1/p-1/b14-12+;. The van der Waals surface area contributed by atoms with E-state index >= 15 is 0 Å². The van der Waals surface area contributed by atoms with Crippen molar-refractivity contribution in [3.8, 4) is 5.75 Å². The zero-order chi connectivity index (χ0) is 20.0. The molecule has 9 heteroatoms. The van der Waals surface area contributed by atoms with Gasteiger partial charge in [0.25, 0.3) is 5.91 Å². The number of halogens is 3. The second-order valence-electron chi connectivity index (χ2n) is 6.25. The Morgan fingerprint density at radius 1 is 1.21 bits per heavy atom. The van der Waals surface area contributed by atoms with Crippen LogP contribution >= 0.6 is 0 Å². The van der Waals surface area contributed by atoms with Crippen LogP contribution in [0.25, 0.3) is 0 Å². The summed E-state index contributed by atoms with van der Waals surface area (Å²) in [6.07, 6.45) is 1.40. The number of nitrogens with zero attached hydrogens (tertiary/aromatic N) is 2. The van der Waals surface area contributed by atoms with Gasteiger partial charge in [-0.05, 0) is 30.5 Å². The summed E-state index contributed by atoms with van der Waals surface area (Å²) in [7, 11) is 1.32. The number of ether oxygens (including phenoxy) is 1. The molecule has 0 unspecified atom stereocenters. The van der Waals surface area contributed by atoms with Crippen molar-refractivity contribution < 1.29 is 79.2 Å². The van der Waals surface area contributed by atoms with Crippen molar-refractivity contribution in [3.05, 3.63) is 35.7 Å². The van der Waals surface area contributed by atoms with Gasteiger partial charge in [0.15, 0.2) is 0 Å². The molecule has 0 fully saturated rings. The number of amidine groups is 1. The molecule has 0 saturated heterocycles. The number of carbonyl (C=O) groups excluding carboxylic acids is 1. The number of hydrogen-bond acceptors (Lipinski definition) is 4. The third kappa shape index (κ3) is 6.06. The van der Waals surface area contributed by atoms with E-state index < -0.39 is 23.6 Å². The van der Waals surface area contributed by atoms with Gasteiger partial charge in [-0.3, -0.25) is 9.69 Å². The number of rotatable bonds is 8. The van der Waals surface area contributed by atoms with E-state index in [1.165, 1.54) is 19.6 Å². The molecule has 0 saturated carbocycles. The minimum Gasteiger partial charge on any atom is -0.876 e. The molecule has 1 amide bonds. The predicted octanol–water partition coefficient (Wildman–Crippen LogP) is 0.721. The van der Waals surface area contributed by atoms with Crippen LogP contribution in [0.5, 0.6) is 5.75 Å². The van der Waals surface area contributed by atoms with Crippen LogP contribution in [0.15, 0.2) is 35.2 Å². The molecule has 1 aliphatic rings. The third-order valence-electron chi connectivity index (χ3n) is 4.28. The fourth-order valence-corrected chi connectivity index (χ4v) is 2.91. The maximum atomic E-state index is 13.3. The predicted molar refractivity (Wildman–Crippen MR) is 94.5 cm³/mol. The minimum atomic E-state index is -4.89. The van der Waals surface area contributed by atoms with Gasteiger partial charge in [-0.15, -0.1) is 6.26 Å². The molecule has 2 rings (SSSR count). The fraction of sp³-hybridized carbons (Fsp3) is 0.474. The largest absolute Gasteiger partial charge is 1.00 e. The zero-order valence-electron chi connectivity index (χ0n) is 16.3. The van der Waals surface area contributed by atoms with E-state index in [2.05, 4.69) is 11.9 Å². The fourth-order valence-electron chi connectivity index (χ4n) is 2.91. The van der Waals surface area contributed by atoms with Gasteiger partial charge in [0.1, 0.15) is 11.4 Å². The summed E-state index contributed by atoms with van der Waals surface area (Å²) in [5.74, 6) is -2.44. The average Bonchev–Trinajstić information content (AvgIpc) is 2.98. The summed E-state index contributed by atoms with van der Waals surface area (Å²) in [5, 5.41) is 10.9. The number of benzene rings is 1. The van der Waals surface area contributed by atoms with Gasteiger partial charge in [-0.1, -0.05) is 38.7 Å². The first kappa shape index (κ1) is 25.2. The Kier molecular flexibility index (Phi) is 10.2. The number of carbonyl (C=O) groups is 1. The zero-order valence-corrected chi connectivity index (χ0v) is 19.4. The molecule has 0 aromatic heterocycles. The van der Waals surface area contributed by atoms with Gasteiger partial charge in [0, 0.05) is 0 Å². The van der Waals surface area contributed by atoms with Crippen molar-refractivity contribution in [2.24, 2.45) is 4.99 Å². The Balaban J connectivity index is 0.00000392. The molecule has 0 radical (unpaired) electrons. The monoisotopic (exact) mass is 422 g/mol. The molecule has 1 aromatic carbocycles. The number of anilines is 1. The van der Waals surface area contributed by atoms with Gasteiger partial charge in [0.2, 0.25) is 5.84 Å². The van der Waals surface area contributed by atoms with Crippen LogP contribution in [0.4, 0.5) is 18.9 Å². The van der Waals surface area contributed by atoms with E-state index in [9.17, 15) is 23.1 Å². The van der Waals surface area contributed by atoms with E-state index in [4.69, 9.17) is 4.74 Å². The Morgan fingerprint density at radius 2 is 1.89 bits per heavy atom. The topological polar surface area (TPSA) is 65.0 Å². The number of amides is 1. The summed E-state index contributed by atoms with van der Waals surface area (Å²) >= 11 is 0. The Hall–Kier alpha value is -0.874. The van der Waals surface area contributed by atoms with Crippen LogP contribution in [0.2, 0.25) is 0 Å². The van der Waals surface area contributed by atoms with Gasteiger partial charge in [0.05, 0.1) is 12.8 Å². The van der Waals surface area contributed by atoms with Crippen molar-refractivity contribution in [2.45, 2.75) is 51.6 Å². The molecule has 148 valence electrons. The molecule has 28 heavy (non-hydrogen) atoms. The molecule has 0 spiro atoms. The molecule has 1 aliphatic heterocycles. The summed E-state index contributed by atoms with van der Waals surface area (Å²) < 4.78 is 45.0. The van der Waals surface area contributed by atoms with E-state index in [0.29, 0.717) is 4.90 Å². The van der Waals surface area contributed by atoms with Crippen molar-refractivity contribution in [1.29, 1.82) is 0 Å². The van der Waals surface area contributed by atoms with Crippen molar-refractivity contribution >= 4 is 17.4 Å². The number of aliphatic imine (C=N–C) groups is 1. The Labute approximate surface area is 205 Å². The Bertz CT molecular complexity index is 748. The smallest absolute Gasteiger partial charge is 0.876 e. The number of methoxy groups -OCH3 is 1. The molecule has 0 atom stereocenters. The van der Waals surface area contributed by atoms with Crippen LogP contribution in [0, 0.1) is 0 Å². The SMILES string of the molecule is CCCCCCCc1ccc(N2C(=O)/C(=C\[O-])N=C2C(F)(F)F)c(OC)c1.[K+]. The second kappa shape index (κ2) is 11.3. The minimum absolute atomic E-state index is 0. The van der Waals surface area contributed by atoms with Crippen molar-refractivity contribution in [2.75, 3.05) is 12.0 Å². The van der Waals surface area contributed by atoms with Crippen LogP contribution < -0.4 is 66.1 Å². The first-order chi connectivity index (χ1) is 12.8. The maximum Gasteiger partial charge on any atom is 1.00 e. The molecular formula is C19H22F3KN2O3. The molecular weight excluding hydrogens is 400 g/mol. The second-order valence-corrected chi connectivity index (χ2v) is 6.25. The van der Waals surface area contributed by atoms with Crippen LogP contribution in [-0.2, 0) is 11.2 Å². The first-order valence-corrected chi connectivity index (χ1v) is 8.82. The molecule has 0 bridgehead atoms. The van der Waals surface area contributed by atoms with Gasteiger partial charge >= 0.3 is 57.6 Å². The van der Waals surface area contributed by atoms with Crippen LogP contribution in [-0.4, -0.2) is 25.0 Å². The number of alkyl halides is 3. The van der Waals surface area contributed by atoms with E-state index in [1.54, 1.807) is 12.1 Å². The van der Waals surface area contributed by atoms with E-state index in [0.717, 1.165) is 37.7 Å². The van der Waals surface area contributed by atoms with E-state index in [1.807, 2.05) is 0 Å². The quantitative estimate of drug-likeness (QED) is 0.268. The number of aryl methyl sites for hydroxylation is 1. The van der Waals surface area contributed by atoms with Crippen molar-refractivity contribution in [1.82, 2.24) is 0 Å². The van der Waals surface area contributed by atoms with Gasteiger partial charge < -0.3 is 9.84 Å². The van der Waals surface area contributed by atoms with Gasteiger partial charge in [-0.2, -0.15) is 13.2 Å². The summed E-state index contributed by atoms with van der Waals surface area (Å²) in [5.41, 5.74) is 0.0263. The third-order valence-corrected chi connectivity index (χ3v) is 4.28. The molecule has 5 nitrogen and oxygen atoms in total. The van der Waals surface area contributed by atoms with Gasteiger partial charge in [-0.25, -0.2) is 4.99 Å². The van der Waals surface area contributed by atoms with Crippen LogP contribution in [0.1, 0.15) is 44.6 Å². The average molecular weight is 422 g/mol. The summed E-state index contributed by atoms with van der Waals surface area (Å²) in [6.45, 7) is 2.13. The van der Waals surface area contributed by atoms with Crippen LogP contribution in [0.3, 0.4) is 0 Å².